The molecule has 0 atom stereocenters. The van der Waals surface area contributed by atoms with E-state index >= 15 is 0 Å². The van der Waals surface area contributed by atoms with E-state index in [0.717, 1.165) is 4.47 Å². The Hall–Kier alpha value is -0.940. The van der Waals surface area contributed by atoms with Gasteiger partial charge in [0.05, 0.1) is 5.69 Å². The van der Waals surface area contributed by atoms with Crippen LogP contribution < -0.4 is 0 Å². The smallest absolute Gasteiger partial charge is 0.229 e. The molecule has 6 heteroatoms. The van der Waals surface area contributed by atoms with Crippen LogP contribution in [-0.2, 0) is 0 Å². The minimum atomic E-state index is -0.340. The molecule has 0 unspecified atom stereocenters. The van der Waals surface area contributed by atoms with Crippen LogP contribution in [-0.4, -0.2) is 14.8 Å². The van der Waals surface area contributed by atoms with Crippen LogP contribution in [0, 0.1) is 5.82 Å². The SMILES string of the molecule is Fc1ccc(Br)c(-n2cnnc2Cl)c1. The first-order chi connectivity index (χ1) is 6.68. The van der Waals surface area contributed by atoms with Crippen molar-refractivity contribution >= 4 is 27.5 Å². The van der Waals surface area contributed by atoms with Gasteiger partial charge < -0.3 is 0 Å². The summed E-state index contributed by atoms with van der Waals surface area (Å²) in [6, 6.07) is 4.30. The lowest BCUT2D eigenvalue weighted by Crippen LogP contribution is -1.94. The lowest BCUT2D eigenvalue weighted by atomic mass is 10.3. The standard InChI is InChI=1S/C8H4BrClFN3/c9-6-2-1-5(11)3-7(6)14-4-12-13-8(14)10/h1-4H. The second kappa shape index (κ2) is 3.67. The number of rotatable bonds is 1. The highest BCUT2D eigenvalue weighted by atomic mass is 79.9. The Morgan fingerprint density at radius 2 is 2.21 bits per heavy atom. The molecular weight excluding hydrogens is 272 g/mol. The molecule has 0 saturated heterocycles. The van der Waals surface area contributed by atoms with Crippen molar-refractivity contribution in [2.24, 2.45) is 0 Å². The zero-order valence-electron chi connectivity index (χ0n) is 6.78. The molecule has 0 aliphatic rings. The summed E-state index contributed by atoms with van der Waals surface area (Å²) in [5.74, 6) is -0.340. The maximum Gasteiger partial charge on any atom is 0.229 e. The van der Waals surface area contributed by atoms with Crippen molar-refractivity contribution in [3.05, 3.63) is 40.1 Å². The van der Waals surface area contributed by atoms with Crippen LogP contribution in [0.1, 0.15) is 0 Å². The minimum absolute atomic E-state index is 0.191. The van der Waals surface area contributed by atoms with Gasteiger partial charge in [0.2, 0.25) is 5.28 Å². The molecule has 0 bridgehead atoms. The predicted molar refractivity (Wildman–Crippen MR) is 54.0 cm³/mol. The van der Waals surface area contributed by atoms with Crippen molar-refractivity contribution in [2.75, 3.05) is 0 Å². The normalized spacial score (nSPS) is 10.5. The van der Waals surface area contributed by atoms with E-state index in [9.17, 15) is 4.39 Å². The van der Waals surface area contributed by atoms with Crippen LogP contribution in [0.4, 0.5) is 4.39 Å². The molecule has 1 aromatic carbocycles. The summed E-state index contributed by atoms with van der Waals surface area (Å²) in [4.78, 5) is 0. The molecule has 0 saturated carbocycles. The molecule has 0 fully saturated rings. The van der Waals surface area contributed by atoms with Crippen LogP contribution >= 0.6 is 27.5 Å². The van der Waals surface area contributed by atoms with Gasteiger partial charge in [-0.25, -0.2) is 4.39 Å². The molecule has 2 aromatic rings. The second-order valence-corrected chi connectivity index (χ2v) is 3.76. The summed E-state index contributed by atoms with van der Waals surface area (Å²) in [7, 11) is 0. The van der Waals surface area contributed by atoms with E-state index in [1.807, 2.05) is 0 Å². The fourth-order valence-electron chi connectivity index (χ4n) is 1.05. The summed E-state index contributed by atoms with van der Waals surface area (Å²) in [6.07, 6.45) is 1.42. The molecular formula is C8H4BrClFN3. The monoisotopic (exact) mass is 275 g/mol. The van der Waals surface area contributed by atoms with Gasteiger partial charge in [0, 0.05) is 4.47 Å². The molecule has 0 amide bonds. The van der Waals surface area contributed by atoms with E-state index < -0.39 is 0 Å². The second-order valence-electron chi connectivity index (χ2n) is 2.57. The highest BCUT2D eigenvalue weighted by molar-refractivity contribution is 9.10. The van der Waals surface area contributed by atoms with E-state index in [0.29, 0.717) is 5.69 Å². The summed E-state index contributed by atoms with van der Waals surface area (Å²) >= 11 is 9.03. The molecule has 1 aromatic heterocycles. The van der Waals surface area contributed by atoms with Gasteiger partial charge in [0.1, 0.15) is 12.1 Å². The Bertz CT molecular complexity index is 471. The molecule has 3 nitrogen and oxygen atoms in total. The quantitative estimate of drug-likeness (QED) is 0.802. The summed E-state index contributed by atoms with van der Waals surface area (Å²) in [5, 5.41) is 7.40. The lowest BCUT2D eigenvalue weighted by Gasteiger charge is -2.04. The highest BCUT2D eigenvalue weighted by Crippen LogP contribution is 2.23. The zero-order chi connectivity index (χ0) is 10.1. The Labute approximate surface area is 92.7 Å². The van der Waals surface area contributed by atoms with E-state index in [1.54, 1.807) is 6.07 Å². The summed E-state index contributed by atoms with van der Waals surface area (Å²) in [5.41, 5.74) is 0.569. The minimum Gasteiger partial charge on any atom is -0.271 e. The third-order valence-electron chi connectivity index (χ3n) is 1.67. The predicted octanol–water partition coefficient (Wildman–Crippen LogP) is 2.82. The molecule has 0 N–H and O–H groups in total. The van der Waals surface area contributed by atoms with Crippen LogP contribution in [0.25, 0.3) is 5.69 Å². The molecule has 0 spiro atoms. The zero-order valence-corrected chi connectivity index (χ0v) is 9.13. The fraction of sp³-hybridized carbons (Fsp3) is 0. The fourth-order valence-corrected chi connectivity index (χ4v) is 1.67. The number of hydrogen-bond donors (Lipinski definition) is 0. The lowest BCUT2D eigenvalue weighted by molar-refractivity contribution is 0.626. The molecule has 14 heavy (non-hydrogen) atoms. The largest absolute Gasteiger partial charge is 0.271 e. The Balaban J connectivity index is 2.62. The van der Waals surface area contributed by atoms with Gasteiger partial charge in [-0.3, -0.25) is 4.57 Å². The Kier molecular flexibility index (Phi) is 2.52. The Morgan fingerprint density at radius 3 is 2.86 bits per heavy atom. The average Bonchev–Trinajstić information content (AvgIpc) is 2.56. The number of hydrogen-bond acceptors (Lipinski definition) is 2. The van der Waals surface area contributed by atoms with Gasteiger partial charge in [-0.15, -0.1) is 10.2 Å². The first-order valence-electron chi connectivity index (χ1n) is 3.69. The van der Waals surface area contributed by atoms with E-state index in [2.05, 4.69) is 26.1 Å². The average molecular weight is 276 g/mol. The third kappa shape index (κ3) is 1.65. The number of benzene rings is 1. The maximum absolute atomic E-state index is 13.0. The number of nitrogens with zero attached hydrogens (tertiary/aromatic N) is 3. The van der Waals surface area contributed by atoms with Crippen molar-refractivity contribution in [1.29, 1.82) is 0 Å². The van der Waals surface area contributed by atoms with Crippen molar-refractivity contribution < 1.29 is 4.39 Å². The van der Waals surface area contributed by atoms with Gasteiger partial charge in [-0.2, -0.15) is 0 Å². The molecule has 0 radical (unpaired) electrons. The van der Waals surface area contributed by atoms with Crippen molar-refractivity contribution in [1.82, 2.24) is 14.8 Å². The van der Waals surface area contributed by atoms with Gasteiger partial charge >= 0.3 is 0 Å². The summed E-state index contributed by atoms with van der Waals surface area (Å²) < 4.78 is 15.2. The van der Waals surface area contributed by atoms with Crippen LogP contribution in [0.15, 0.2) is 29.0 Å². The first kappa shape index (κ1) is 9.61. The number of aromatic nitrogens is 3. The molecule has 0 aliphatic carbocycles. The van der Waals surface area contributed by atoms with E-state index in [-0.39, 0.29) is 11.1 Å². The Morgan fingerprint density at radius 1 is 1.43 bits per heavy atom. The van der Waals surface area contributed by atoms with E-state index in [1.165, 1.54) is 23.0 Å². The molecule has 0 aliphatic heterocycles. The first-order valence-corrected chi connectivity index (χ1v) is 4.86. The van der Waals surface area contributed by atoms with Crippen LogP contribution in [0.2, 0.25) is 5.28 Å². The van der Waals surface area contributed by atoms with Crippen molar-refractivity contribution in [3.8, 4) is 5.69 Å². The van der Waals surface area contributed by atoms with Crippen LogP contribution in [0.5, 0.6) is 0 Å². The number of halogens is 3. The molecule has 2 rings (SSSR count). The third-order valence-corrected chi connectivity index (χ3v) is 2.60. The van der Waals surface area contributed by atoms with Crippen molar-refractivity contribution in [2.45, 2.75) is 0 Å². The summed E-state index contributed by atoms with van der Waals surface area (Å²) in [6.45, 7) is 0. The van der Waals surface area contributed by atoms with Gasteiger partial charge in [-0.05, 0) is 45.7 Å². The maximum atomic E-state index is 13.0. The highest BCUT2D eigenvalue weighted by Gasteiger charge is 2.07. The molecule has 72 valence electrons. The topological polar surface area (TPSA) is 30.7 Å². The van der Waals surface area contributed by atoms with Crippen LogP contribution in [0.3, 0.4) is 0 Å². The molecule has 1 heterocycles. The van der Waals surface area contributed by atoms with Gasteiger partial charge in [0.15, 0.2) is 0 Å². The van der Waals surface area contributed by atoms with E-state index in [4.69, 9.17) is 11.6 Å². The van der Waals surface area contributed by atoms with Gasteiger partial charge in [0.25, 0.3) is 0 Å². The van der Waals surface area contributed by atoms with Gasteiger partial charge in [-0.1, -0.05) is 0 Å². The van der Waals surface area contributed by atoms with Crippen molar-refractivity contribution in [3.63, 3.8) is 0 Å².